The van der Waals surface area contributed by atoms with Crippen molar-refractivity contribution in [3.8, 4) is 0 Å². The molecule has 0 bridgehead atoms. The summed E-state index contributed by atoms with van der Waals surface area (Å²) in [6.07, 6.45) is 6.72. The van der Waals surface area contributed by atoms with E-state index in [-0.39, 0.29) is 10.8 Å². The fraction of sp³-hybridized carbons (Fsp3) is 0.286. The average molecular weight is 385 g/mol. The lowest BCUT2D eigenvalue weighted by molar-refractivity contribution is 0.0956. The van der Waals surface area contributed by atoms with E-state index in [0.717, 1.165) is 18.4 Å². The third-order valence-corrected chi connectivity index (χ3v) is 5.99. The molecule has 1 amide bonds. The highest BCUT2D eigenvalue weighted by Crippen LogP contribution is 2.18. The van der Waals surface area contributed by atoms with Crippen LogP contribution in [0.1, 0.15) is 41.6 Å². The molecule has 1 aliphatic rings. The van der Waals surface area contributed by atoms with Crippen LogP contribution in [-0.4, -0.2) is 20.9 Å². The maximum Gasteiger partial charge on any atom is 0.261 e. The Labute approximate surface area is 160 Å². The zero-order valence-electron chi connectivity index (χ0n) is 15.4. The van der Waals surface area contributed by atoms with Gasteiger partial charge in [0.25, 0.3) is 15.9 Å². The second kappa shape index (κ2) is 8.39. The van der Waals surface area contributed by atoms with Crippen LogP contribution < -0.4 is 10.0 Å². The van der Waals surface area contributed by atoms with Gasteiger partial charge < -0.3 is 5.32 Å². The number of nitrogens with one attached hydrogen (secondary N) is 2. The third-order valence-electron chi connectivity index (χ3n) is 4.59. The standard InChI is InChI=1S/C21H24N2O3S/c1-16-7-13-20(14-8-16)27(25,26)23-19-11-9-18(10-12-19)21(24)22-15-17-5-3-2-4-6-17/h5,7-14,23H,2-4,6,15H2,1H3,(H,22,24). The van der Waals surface area contributed by atoms with E-state index in [1.807, 2.05) is 6.92 Å². The number of hydrogen-bond donors (Lipinski definition) is 2. The van der Waals surface area contributed by atoms with E-state index >= 15 is 0 Å². The van der Waals surface area contributed by atoms with Crippen LogP contribution in [0.15, 0.2) is 65.1 Å². The lowest BCUT2D eigenvalue weighted by atomic mass is 9.99. The van der Waals surface area contributed by atoms with Gasteiger partial charge in [-0.2, -0.15) is 0 Å². The Morgan fingerprint density at radius 3 is 2.33 bits per heavy atom. The molecule has 1 aliphatic carbocycles. The van der Waals surface area contributed by atoms with E-state index in [9.17, 15) is 13.2 Å². The second-order valence-corrected chi connectivity index (χ2v) is 8.47. The number of anilines is 1. The summed E-state index contributed by atoms with van der Waals surface area (Å²) in [5.74, 6) is -0.158. The number of carbonyl (C=O) groups is 1. The van der Waals surface area contributed by atoms with Gasteiger partial charge in [-0.15, -0.1) is 0 Å². The number of amides is 1. The summed E-state index contributed by atoms with van der Waals surface area (Å²) < 4.78 is 27.4. The van der Waals surface area contributed by atoms with Crippen molar-refractivity contribution in [3.63, 3.8) is 0 Å². The fourth-order valence-electron chi connectivity index (χ4n) is 2.98. The number of rotatable bonds is 6. The van der Waals surface area contributed by atoms with Gasteiger partial charge in [0.2, 0.25) is 0 Å². The predicted octanol–water partition coefficient (Wildman–Crippen LogP) is 4.03. The highest BCUT2D eigenvalue weighted by Gasteiger charge is 2.14. The lowest BCUT2D eigenvalue weighted by Crippen LogP contribution is -2.26. The normalized spacial score (nSPS) is 14.3. The van der Waals surface area contributed by atoms with Crippen LogP contribution in [-0.2, 0) is 10.0 Å². The molecule has 2 N–H and O–H groups in total. The van der Waals surface area contributed by atoms with Gasteiger partial charge in [-0.1, -0.05) is 29.3 Å². The Kier molecular flexibility index (Phi) is 5.96. The molecule has 0 atom stereocenters. The van der Waals surface area contributed by atoms with Gasteiger partial charge in [0.15, 0.2) is 0 Å². The first-order chi connectivity index (χ1) is 12.9. The van der Waals surface area contributed by atoms with Crippen LogP contribution >= 0.6 is 0 Å². The first kappa shape index (κ1) is 19.2. The fourth-order valence-corrected chi connectivity index (χ4v) is 4.04. The summed E-state index contributed by atoms with van der Waals surface area (Å²) in [6, 6.07) is 13.1. The van der Waals surface area contributed by atoms with Crippen molar-refractivity contribution in [2.45, 2.75) is 37.5 Å². The molecule has 0 spiro atoms. The Balaban J connectivity index is 1.61. The number of carbonyl (C=O) groups excluding carboxylic acids is 1. The van der Waals surface area contributed by atoms with Crippen LogP contribution in [0.25, 0.3) is 0 Å². The van der Waals surface area contributed by atoms with Gasteiger partial charge in [0.1, 0.15) is 0 Å². The topological polar surface area (TPSA) is 75.3 Å². The monoisotopic (exact) mass is 384 g/mol. The van der Waals surface area contributed by atoms with Crippen molar-refractivity contribution in [2.24, 2.45) is 0 Å². The minimum Gasteiger partial charge on any atom is -0.348 e. The molecule has 0 saturated carbocycles. The minimum absolute atomic E-state index is 0.158. The predicted molar refractivity (Wildman–Crippen MR) is 107 cm³/mol. The summed E-state index contributed by atoms with van der Waals surface area (Å²) in [4.78, 5) is 12.5. The van der Waals surface area contributed by atoms with Crippen LogP contribution in [0.2, 0.25) is 0 Å². The van der Waals surface area contributed by atoms with E-state index < -0.39 is 10.0 Å². The van der Waals surface area contributed by atoms with E-state index in [2.05, 4.69) is 16.1 Å². The molecule has 0 aromatic heterocycles. The molecule has 0 heterocycles. The summed E-state index contributed by atoms with van der Waals surface area (Å²) in [6.45, 7) is 2.47. The molecule has 0 radical (unpaired) electrons. The molecule has 0 saturated heterocycles. The van der Waals surface area contributed by atoms with Gasteiger partial charge in [-0.05, 0) is 69.0 Å². The Bertz CT molecular complexity index is 930. The molecular formula is C21H24N2O3S. The molecule has 0 unspecified atom stereocenters. The molecule has 142 valence electrons. The summed E-state index contributed by atoms with van der Waals surface area (Å²) >= 11 is 0. The largest absolute Gasteiger partial charge is 0.348 e. The van der Waals surface area contributed by atoms with E-state index in [0.29, 0.717) is 17.8 Å². The number of aryl methyl sites for hydroxylation is 1. The van der Waals surface area contributed by atoms with Crippen LogP contribution in [0.3, 0.4) is 0 Å². The maximum atomic E-state index is 12.4. The SMILES string of the molecule is Cc1ccc(S(=O)(=O)Nc2ccc(C(=O)NCC3=CCCCC3)cc2)cc1. The molecule has 5 nitrogen and oxygen atoms in total. The van der Waals surface area contributed by atoms with E-state index in [1.54, 1.807) is 48.5 Å². The first-order valence-electron chi connectivity index (χ1n) is 9.10. The van der Waals surface area contributed by atoms with Crippen molar-refractivity contribution in [3.05, 3.63) is 71.3 Å². The zero-order chi connectivity index (χ0) is 19.3. The molecule has 0 aliphatic heterocycles. The highest BCUT2D eigenvalue weighted by molar-refractivity contribution is 7.92. The Morgan fingerprint density at radius 2 is 1.70 bits per heavy atom. The first-order valence-corrected chi connectivity index (χ1v) is 10.6. The maximum absolute atomic E-state index is 12.4. The van der Waals surface area contributed by atoms with Crippen molar-refractivity contribution >= 4 is 21.6 Å². The molecule has 2 aromatic carbocycles. The third kappa shape index (κ3) is 5.20. The number of hydrogen-bond acceptors (Lipinski definition) is 3. The van der Waals surface area contributed by atoms with E-state index in [1.165, 1.54) is 18.4 Å². The summed E-state index contributed by atoms with van der Waals surface area (Å²) in [7, 11) is -3.65. The quantitative estimate of drug-likeness (QED) is 0.739. The minimum atomic E-state index is -3.65. The van der Waals surface area contributed by atoms with Gasteiger partial charge in [-0.3, -0.25) is 9.52 Å². The van der Waals surface area contributed by atoms with Crippen LogP contribution in [0, 0.1) is 6.92 Å². The number of sulfonamides is 1. The van der Waals surface area contributed by atoms with Gasteiger partial charge in [-0.25, -0.2) is 8.42 Å². The van der Waals surface area contributed by atoms with E-state index in [4.69, 9.17) is 0 Å². The van der Waals surface area contributed by atoms with Crippen LogP contribution in [0.5, 0.6) is 0 Å². The number of benzene rings is 2. The molecule has 27 heavy (non-hydrogen) atoms. The highest BCUT2D eigenvalue weighted by atomic mass is 32.2. The average Bonchev–Trinajstić information content (AvgIpc) is 2.67. The Morgan fingerprint density at radius 1 is 1.00 bits per heavy atom. The molecular weight excluding hydrogens is 360 g/mol. The van der Waals surface area contributed by atoms with Crippen molar-refractivity contribution in [2.75, 3.05) is 11.3 Å². The molecule has 2 aromatic rings. The van der Waals surface area contributed by atoms with Crippen molar-refractivity contribution < 1.29 is 13.2 Å². The van der Waals surface area contributed by atoms with Gasteiger partial charge >= 0.3 is 0 Å². The number of allylic oxidation sites excluding steroid dienone is 1. The lowest BCUT2D eigenvalue weighted by Gasteiger charge is -2.13. The van der Waals surface area contributed by atoms with Crippen molar-refractivity contribution in [1.29, 1.82) is 0 Å². The van der Waals surface area contributed by atoms with Crippen molar-refractivity contribution in [1.82, 2.24) is 5.32 Å². The van der Waals surface area contributed by atoms with Gasteiger partial charge in [0.05, 0.1) is 4.90 Å². The zero-order valence-corrected chi connectivity index (χ0v) is 16.2. The smallest absolute Gasteiger partial charge is 0.261 e. The van der Waals surface area contributed by atoms with Gasteiger partial charge in [0, 0.05) is 17.8 Å². The van der Waals surface area contributed by atoms with Crippen LogP contribution in [0.4, 0.5) is 5.69 Å². The molecule has 0 fully saturated rings. The second-order valence-electron chi connectivity index (χ2n) is 6.79. The molecule has 6 heteroatoms. The molecule has 3 rings (SSSR count). The summed E-state index contributed by atoms with van der Waals surface area (Å²) in [5, 5.41) is 2.92. The Hall–Kier alpha value is -2.60. The summed E-state index contributed by atoms with van der Waals surface area (Å²) in [5.41, 5.74) is 3.19.